The lowest BCUT2D eigenvalue weighted by atomic mass is 9.48. The summed E-state index contributed by atoms with van der Waals surface area (Å²) in [5.41, 5.74) is -1.23. The van der Waals surface area contributed by atoms with Crippen LogP contribution >= 0.6 is 0 Å². The van der Waals surface area contributed by atoms with Crippen molar-refractivity contribution in [1.29, 1.82) is 0 Å². The van der Waals surface area contributed by atoms with Gasteiger partial charge in [-0.2, -0.15) is 0 Å². The molecule has 5 atom stereocenters. The molecule has 5 heteroatoms. The normalized spacial score (nSPS) is 40.0. The molecule has 0 aromatic carbocycles. The second-order valence-electron chi connectivity index (χ2n) is 9.18. The van der Waals surface area contributed by atoms with Crippen molar-refractivity contribution in [3.63, 3.8) is 0 Å². The fourth-order valence-electron chi connectivity index (χ4n) is 5.44. The van der Waals surface area contributed by atoms with Crippen LogP contribution in [0, 0.1) is 22.7 Å². The highest BCUT2D eigenvalue weighted by atomic mass is 16.7. The Labute approximate surface area is 155 Å². The number of carboxylic acid groups (broad SMARTS) is 1. The summed E-state index contributed by atoms with van der Waals surface area (Å²) in [6.07, 6.45) is 4.07. The van der Waals surface area contributed by atoms with Crippen LogP contribution in [-0.4, -0.2) is 28.6 Å². The highest BCUT2D eigenvalue weighted by molar-refractivity contribution is 5.96. The molecule has 0 saturated heterocycles. The minimum Gasteiger partial charge on any atom is -0.481 e. The Balaban J connectivity index is 2.05. The standard InChI is InChI=1S/C21H30O5/c1-7-20(5)15(19(3,4)18(23)24)8-9-21(6)16(20)11-13-14(22)10-12(2)25-17(13)26-21/h7,12,15-16H,1,8-11H2,2-6H3,(H,23,24)/t12-,15-,16+,20+,21+/m1/s1. The molecule has 5 nitrogen and oxygen atoms in total. The van der Waals surface area contributed by atoms with E-state index in [-0.39, 0.29) is 23.7 Å². The molecule has 1 fully saturated rings. The van der Waals surface area contributed by atoms with Gasteiger partial charge in [-0.25, -0.2) is 0 Å². The number of ketones is 1. The van der Waals surface area contributed by atoms with Crippen molar-refractivity contribution in [2.24, 2.45) is 22.7 Å². The van der Waals surface area contributed by atoms with Crippen molar-refractivity contribution in [1.82, 2.24) is 0 Å². The number of hydrogen-bond acceptors (Lipinski definition) is 4. The first-order chi connectivity index (χ1) is 12.0. The van der Waals surface area contributed by atoms with Crippen molar-refractivity contribution >= 4 is 11.8 Å². The minimum atomic E-state index is -0.888. The molecule has 0 aromatic rings. The Morgan fingerprint density at radius 2 is 2.00 bits per heavy atom. The van der Waals surface area contributed by atoms with Gasteiger partial charge in [-0.05, 0) is 58.3 Å². The summed E-state index contributed by atoms with van der Waals surface area (Å²) >= 11 is 0. The first-order valence-electron chi connectivity index (χ1n) is 9.44. The van der Waals surface area contributed by atoms with Crippen LogP contribution in [0.3, 0.4) is 0 Å². The van der Waals surface area contributed by atoms with E-state index in [0.717, 1.165) is 12.8 Å². The lowest BCUT2D eigenvalue weighted by Crippen LogP contribution is -2.59. The van der Waals surface area contributed by atoms with Crippen LogP contribution in [0.15, 0.2) is 24.2 Å². The zero-order chi connectivity index (χ0) is 19.5. The molecule has 26 heavy (non-hydrogen) atoms. The SMILES string of the molecule is C=C[C@@]1(C)[C@@H](C(C)(C)C(=O)O)CC[C@]2(C)OC3=C(C[C@@H]12)C(=O)C[C@@H](C)O3. The van der Waals surface area contributed by atoms with E-state index >= 15 is 0 Å². The van der Waals surface area contributed by atoms with Crippen molar-refractivity contribution in [2.75, 3.05) is 0 Å². The van der Waals surface area contributed by atoms with Gasteiger partial charge in [0.1, 0.15) is 11.7 Å². The number of allylic oxidation sites excluding steroid dienone is 2. The highest BCUT2D eigenvalue weighted by Crippen LogP contribution is 2.61. The molecule has 0 unspecified atom stereocenters. The predicted molar refractivity (Wildman–Crippen MR) is 97.2 cm³/mol. The Morgan fingerprint density at radius 3 is 2.58 bits per heavy atom. The van der Waals surface area contributed by atoms with Crippen molar-refractivity contribution < 1.29 is 24.2 Å². The van der Waals surface area contributed by atoms with Crippen LogP contribution in [0.25, 0.3) is 0 Å². The number of carbonyl (C=O) groups is 2. The maximum Gasteiger partial charge on any atom is 0.309 e. The van der Waals surface area contributed by atoms with Gasteiger partial charge in [-0.1, -0.05) is 13.0 Å². The van der Waals surface area contributed by atoms with Crippen LogP contribution in [0.2, 0.25) is 0 Å². The Hall–Kier alpha value is -1.78. The van der Waals surface area contributed by atoms with Crippen molar-refractivity contribution in [2.45, 2.75) is 72.0 Å². The maximum absolute atomic E-state index is 12.6. The molecule has 1 N–H and O–H groups in total. The molecule has 0 aromatic heterocycles. The Kier molecular flexibility index (Phi) is 4.28. The van der Waals surface area contributed by atoms with E-state index in [2.05, 4.69) is 20.4 Å². The summed E-state index contributed by atoms with van der Waals surface area (Å²) in [6, 6.07) is 0. The van der Waals surface area contributed by atoms with Gasteiger partial charge in [0.05, 0.1) is 11.0 Å². The van der Waals surface area contributed by atoms with Gasteiger partial charge in [0, 0.05) is 12.3 Å². The highest BCUT2D eigenvalue weighted by Gasteiger charge is 2.61. The first-order valence-corrected chi connectivity index (χ1v) is 9.44. The molecular weight excluding hydrogens is 332 g/mol. The van der Waals surface area contributed by atoms with E-state index in [9.17, 15) is 14.7 Å². The van der Waals surface area contributed by atoms with Crippen LogP contribution in [-0.2, 0) is 19.1 Å². The van der Waals surface area contributed by atoms with Crippen LogP contribution in [0.5, 0.6) is 0 Å². The van der Waals surface area contributed by atoms with Crippen LogP contribution in [0.4, 0.5) is 0 Å². The quantitative estimate of drug-likeness (QED) is 0.766. The van der Waals surface area contributed by atoms with Gasteiger partial charge in [-0.15, -0.1) is 6.58 Å². The first kappa shape index (κ1) is 19.0. The topological polar surface area (TPSA) is 72.8 Å². The molecule has 1 saturated carbocycles. The Morgan fingerprint density at radius 1 is 1.35 bits per heavy atom. The third-order valence-electron chi connectivity index (χ3n) is 7.13. The number of rotatable bonds is 3. The summed E-state index contributed by atoms with van der Waals surface area (Å²) in [5, 5.41) is 9.79. The van der Waals surface area contributed by atoms with Gasteiger partial charge in [0.15, 0.2) is 5.78 Å². The smallest absolute Gasteiger partial charge is 0.309 e. The van der Waals surface area contributed by atoms with Gasteiger partial charge >= 0.3 is 5.97 Å². The number of hydrogen-bond donors (Lipinski definition) is 1. The summed E-state index contributed by atoms with van der Waals surface area (Å²) in [7, 11) is 0. The minimum absolute atomic E-state index is 0.0235. The largest absolute Gasteiger partial charge is 0.481 e. The number of fused-ring (bicyclic) bond motifs is 1. The molecule has 2 aliphatic heterocycles. The van der Waals surface area contributed by atoms with Crippen LogP contribution in [0.1, 0.15) is 60.3 Å². The van der Waals surface area contributed by atoms with Crippen molar-refractivity contribution in [3.05, 3.63) is 24.2 Å². The average molecular weight is 362 g/mol. The Bertz CT molecular complexity index is 691. The molecule has 144 valence electrons. The molecule has 3 rings (SSSR count). The lowest BCUT2D eigenvalue weighted by molar-refractivity contribution is -0.197. The lowest BCUT2D eigenvalue weighted by Gasteiger charge is -2.59. The monoisotopic (exact) mass is 362 g/mol. The third kappa shape index (κ3) is 2.58. The van der Waals surface area contributed by atoms with E-state index in [1.807, 2.05) is 13.0 Å². The van der Waals surface area contributed by atoms with Crippen molar-refractivity contribution in [3.8, 4) is 0 Å². The van der Waals surface area contributed by atoms with E-state index in [1.54, 1.807) is 13.8 Å². The molecule has 0 amide bonds. The summed E-state index contributed by atoms with van der Waals surface area (Å²) in [5.74, 6) is -0.458. The van der Waals surface area contributed by atoms with E-state index < -0.39 is 22.4 Å². The molecule has 0 radical (unpaired) electrons. The maximum atomic E-state index is 12.6. The third-order valence-corrected chi connectivity index (χ3v) is 7.13. The number of aliphatic carboxylic acids is 1. The molecule has 3 aliphatic rings. The fourth-order valence-corrected chi connectivity index (χ4v) is 5.44. The van der Waals surface area contributed by atoms with Crippen LogP contribution < -0.4 is 0 Å². The fraction of sp³-hybridized carbons (Fsp3) is 0.714. The predicted octanol–water partition coefficient (Wildman–Crippen LogP) is 4.08. The van der Waals surface area contributed by atoms with Gasteiger partial charge < -0.3 is 14.6 Å². The number of Topliss-reactive ketones (excluding diaryl/α,β-unsaturated/α-hetero) is 1. The van der Waals surface area contributed by atoms with E-state index in [0.29, 0.717) is 24.4 Å². The average Bonchev–Trinajstić information content (AvgIpc) is 2.52. The number of carbonyl (C=O) groups excluding carboxylic acids is 1. The van der Waals surface area contributed by atoms with E-state index in [1.165, 1.54) is 0 Å². The molecule has 2 heterocycles. The second kappa shape index (κ2) is 5.86. The van der Waals surface area contributed by atoms with Gasteiger partial charge in [-0.3, -0.25) is 9.59 Å². The second-order valence-corrected chi connectivity index (χ2v) is 9.18. The molecular formula is C21H30O5. The number of carboxylic acids is 1. The van der Waals surface area contributed by atoms with Gasteiger partial charge in [0.2, 0.25) is 0 Å². The summed E-state index contributed by atoms with van der Waals surface area (Å²) < 4.78 is 12.1. The molecule has 0 bridgehead atoms. The zero-order valence-corrected chi connectivity index (χ0v) is 16.4. The zero-order valence-electron chi connectivity index (χ0n) is 16.4. The number of ether oxygens (including phenoxy) is 2. The summed E-state index contributed by atoms with van der Waals surface area (Å²) in [4.78, 5) is 24.5. The summed E-state index contributed by atoms with van der Waals surface area (Å²) in [6.45, 7) is 13.6. The molecule has 0 spiro atoms. The van der Waals surface area contributed by atoms with Gasteiger partial charge in [0.25, 0.3) is 5.95 Å². The molecule has 1 aliphatic carbocycles. The van der Waals surface area contributed by atoms with E-state index in [4.69, 9.17) is 9.47 Å².